The van der Waals surface area contributed by atoms with Crippen molar-refractivity contribution in [1.82, 2.24) is 10.2 Å². The smallest absolute Gasteiger partial charge is 0.241 e. The van der Waals surface area contributed by atoms with E-state index in [2.05, 4.69) is 37.2 Å². The van der Waals surface area contributed by atoms with E-state index in [0.717, 1.165) is 32.2 Å². The fourth-order valence-electron chi connectivity index (χ4n) is 2.83. The number of rotatable bonds is 10. The Morgan fingerprint density at radius 2 is 2.05 bits per heavy atom. The second kappa shape index (κ2) is 9.67. The molecular weight excluding hydrogens is 268 g/mol. The molecule has 3 nitrogen and oxygen atoms in total. The molecule has 1 aliphatic rings. The Balaban J connectivity index is 2.49. The molecule has 1 amide bonds. The van der Waals surface area contributed by atoms with Crippen LogP contribution in [0.4, 0.5) is 0 Å². The second-order valence-corrected chi connectivity index (χ2v) is 6.91. The van der Waals surface area contributed by atoms with Crippen LogP contribution in [0.15, 0.2) is 0 Å². The minimum absolute atomic E-state index is 0.0442. The molecule has 0 aromatic heterocycles. The number of nitrogens with one attached hydrogen (secondary N) is 1. The van der Waals surface area contributed by atoms with Crippen LogP contribution in [0.3, 0.4) is 0 Å². The third kappa shape index (κ3) is 4.96. The van der Waals surface area contributed by atoms with Crippen LogP contribution in [0.1, 0.15) is 59.3 Å². The zero-order chi connectivity index (χ0) is 15.0. The molecule has 0 radical (unpaired) electrons. The van der Waals surface area contributed by atoms with Gasteiger partial charge in [-0.15, -0.1) is 0 Å². The maximum absolute atomic E-state index is 12.6. The Morgan fingerprint density at radius 3 is 2.65 bits per heavy atom. The third-order valence-corrected chi connectivity index (χ3v) is 5.02. The second-order valence-electron chi connectivity index (χ2n) is 5.92. The lowest BCUT2D eigenvalue weighted by atomic mass is 9.99. The van der Waals surface area contributed by atoms with Crippen LogP contribution in [0.2, 0.25) is 0 Å². The van der Waals surface area contributed by atoms with E-state index >= 15 is 0 Å². The van der Waals surface area contributed by atoms with Crippen molar-refractivity contribution in [2.45, 2.75) is 71.5 Å². The van der Waals surface area contributed by atoms with Crippen LogP contribution in [-0.2, 0) is 4.79 Å². The zero-order valence-corrected chi connectivity index (χ0v) is 14.5. The van der Waals surface area contributed by atoms with E-state index in [0.29, 0.717) is 11.8 Å². The monoisotopic (exact) mass is 300 g/mol. The normalized spacial score (nSPS) is 24.4. The summed E-state index contributed by atoms with van der Waals surface area (Å²) in [6.07, 6.45) is 9.33. The Labute approximate surface area is 129 Å². The SMILES string of the molecule is CCCC1NC(C(C)CC)C(=O)N1CCCCCSC. The first-order valence-corrected chi connectivity index (χ1v) is 9.60. The van der Waals surface area contributed by atoms with Crippen LogP contribution < -0.4 is 5.32 Å². The Hall–Kier alpha value is -0.220. The molecule has 1 fully saturated rings. The largest absolute Gasteiger partial charge is 0.326 e. The van der Waals surface area contributed by atoms with E-state index in [1.54, 1.807) is 0 Å². The quantitative estimate of drug-likeness (QED) is 0.627. The molecule has 0 aromatic carbocycles. The molecule has 3 atom stereocenters. The summed E-state index contributed by atoms with van der Waals surface area (Å²) in [6.45, 7) is 7.47. The lowest BCUT2D eigenvalue weighted by Gasteiger charge is -2.23. The highest BCUT2D eigenvalue weighted by Gasteiger charge is 2.39. The molecule has 1 rings (SSSR count). The third-order valence-electron chi connectivity index (χ3n) is 4.32. The molecule has 1 N–H and O–H groups in total. The van der Waals surface area contributed by atoms with Gasteiger partial charge in [0.1, 0.15) is 0 Å². The molecule has 0 spiro atoms. The van der Waals surface area contributed by atoms with Gasteiger partial charge in [0.05, 0.1) is 12.2 Å². The Morgan fingerprint density at radius 1 is 1.30 bits per heavy atom. The molecule has 4 heteroatoms. The van der Waals surface area contributed by atoms with Gasteiger partial charge in [-0.2, -0.15) is 11.8 Å². The highest BCUT2D eigenvalue weighted by Crippen LogP contribution is 2.22. The molecule has 0 aliphatic carbocycles. The summed E-state index contributed by atoms with van der Waals surface area (Å²) in [5.41, 5.74) is 0. The average Bonchev–Trinajstić information content (AvgIpc) is 2.75. The zero-order valence-electron chi connectivity index (χ0n) is 13.7. The van der Waals surface area contributed by atoms with E-state index in [1.807, 2.05) is 11.8 Å². The number of carbonyl (C=O) groups excluding carboxylic acids is 1. The van der Waals surface area contributed by atoms with Gasteiger partial charge in [0, 0.05) is 6.54 Å². The topological polar surface area (TPSA) is 32.3 Å². The van der Waals surface area contributed by atoms with Crippen molar-refractivity contribution in [1.29, 1.82) is 0 Å². The first-order valence-electron chi connectivity index (χ1n) is 8.21. The van der Waals surface area contributed by atoms with Gasteiger partial charge < -0.3 is 4.90 Å². The van der Waals surface area contributed by atoms with Crippen LogP contribution >= 0.6 is 11.8 Å². The van der Waals surface area contributed by atoms with Crippen LogP contribution in [0.5, 0.6) is 0 Å². The molecule has 20 heavy (non-hydrogen) atoms. The fourth-order valence-corrected chi connectivity index (χ4v) is 3.32. The number of amides is 1. The molecular formula is C16H32N2OS. The van der Waals surface area contributed by atoms with Crippen molar-refractivity contribution in [3.8, 4) is 0 Å². The van der Waals surface area contributed by atoms with E-state index in [9.17, 15) is 4.79 Å². The molecule has 118 valence electrons. The van der Waals surface area contributed by atoms with Crippen LogP contribution in [-0.4, -0.2) is 41.6 Å². The molecule has 1 saturated heterocycles. The summed E-state index contributed by atoms with van der Waals surface area (Å²) in [4.78, 5) is 14.7. The molecule has 0 aromatic rings. The van der Waals surface area contributed by atoms with Gasteiger partial charge >= 0.3 is 0 Å². The Bertz CT molecular complexity index is 286. The van der Waals surface area contributed by atoms with Crippen molar-refractivity contribution < 1.29 is 4.79 Å². The predicted octanol–water partition coefficient (Wildman–Crippen LogP) is 3.49. The van der Waals surface area contributed by atoms with Crippen molar-refractivity contribution in [2.24, 2.45) is 5.92 Å². The highest BCUT2D eigenvalue weighted by atomic mass is 32.2. The summed E-state index contributed by atoms with van der Waals surface area (Å²) in [5.74, 6) is 2.01. The lowest BCUT2D eigenvalue weighted by Crippen LogP contribution is -2.38. The van der Waals surface area contributed by atoms with Gasteiger partial charge in [-0.05, 0) is 37.2 Å². The molecule has 1 heterocycles. The van der Waals surface area contributed by atoms with Crippen molar-refractivity contribution in [3.63, 3.8) is 0 Å². The summed E-state index contributed by atoms with van der Waals surface area (Å²) < 4.78 is 0. The summed E-state index contributed by atoms with van der Waals surface area (Å²) in [6, 6.07) is 0.0442. The van der Waals surface area contributed by atoms with Crippen molar-refractivity contribution >= 4 is 17.7 Å². The number of nitrogens with zero attached hydrogens (tertiary/aromatic N) is 1. The van der Waals surface area contributed by atoms with Gasteiger partial charge in [0.15, 0.2) is 0 Å². The number of hydrogen-bond donors (Lipinski definition) is 1. The average molecular weight is 301 g/mol. The van der Waals surface area contributed by atoms with Crippen LogP contribution in [0, 0.1) is 5.92 Å². The lowest BCUT2D eigenvalue weighted by molar-refractivity contribution is -0.131. The predicted molar refractivity (Wildman–Crippen MR) is 89.0 cm³/mol. The molecule has 0 saturated carbocycles. The highest BCUT2D eigenvalue weighted by molar-refractivity contribution is 7.98. The minimum Gasteiger partial charge on any atom is -0.326 e. The van der Waals surface area contributed by atoms with Gasteiger partial charge in [-0.3, -0.25) is 10.1 Å². The van der Waals surface area contributed by atoms with E-state index in [4.69, 9.17) is 0 Å². The van der Waals surface area contributed by atoms with E-state index in [-0.39, 0.29) is 12.2 Å². The molecule has 3 unspecified atom stereocenters. The number of hydrogen-bond acceptors (Lipinski definition) is 3. The fraction of sp³-hybridized carbons (Fsp3) is 0.938. The van der Waals surface area contributed by atoms with E-state index < -0.39 is 0 Å². The summed E-state index contributed by atoms with van der Waals surface area (Å²) in [7, 11) is 0. The van der Waals surface area contributed by atoms with Gasteiger partial charge in [0.25, 0.3) is 0 Å². The van der Waals surface area contributed by atoms with Crippen molar-refractivity contribution in [2.75, 3.05) is 18.6 Å². The van der Waals surface area contributed by atoms with Gasteiger partial charge in [-0.1, -0.05) is 40.0 Å². The first kappa shape index (κ1) is 17.8. The Kier molecular flexibility index (Phi) is 8.62. The minimum atomic E-state index is 0.0442. The molecule has 1 aliphatic heterocycles. The molecule has 0 bridgehead atoms. The maximum Gasteiger partial charge on any atom is 0.241 e. The summed E-state index contributed by atoms with van der Waals surface area (Å²) in [5, 5.41) is 3.57. The summed E-state index contributed by atoms with van der Waals surface area (Å²) >= 11 is 1.91. The van der Waals surface area contributed by atoms with Gasteiger partial charge in [-0.25, -0.2) is 0 Å². The number of carbonyl (C=O) groups is 1. The first-order chi connectivity index (χ1) is 9.65. The van der Waals surface area contributed by atoms with Crippen LogP contribution in [0.25, 0.3) is 0 Å². The standard InChI is InChI=1S/C16H32N2OS/c1-5-10-14-17-15(13(3)6-2)16(19)18(14)11-8-7-9-12-20-4/h13-15,17H,5-12H2,1-4H3. The maximum atomic E-state index is 12.6. The number of thioether (sulfide) groups is 1. The van der Waals surface area contributed by atoms with E-state index in [1.165, 1.54) is 18.6 Å². The van der Waals surface area contributed by atoms with Crippen molar-refractivity contribution in [3.05, 3.63) is 0 Å². The van der Waals surface area contributed by atoms with Gasteiger partial charge in [0.2, 0.25) is 5.91 Å². The number of unbranched alkanes of at least 4 members (excludes halogenated alkanes) is 2.